The molecule has 2 aromatic rings. The van der Waals surface area contributed by atoms with E-state index in [1.54, 1.807) is 7.11 Å². The molecule has 2 fully saturated rings. The molecule has 204 valence electrons. The standard InChI is InChI=1S/C31H41N3O4/c1-20-10-21(2)12-24(11-20)16-32-8-6-31(7-9-32)28-15-23(4)29-25(13-22(3)14-27(29)38-5)17-33(28)30(37)34(31)18-26(36)19-35/h10-15,23,26,35-36H,6-9,16-19H2,1-5H3. The Balaban J connectivity index is 1.49. The van der Waals surface area contributed by atoms with Gasteiger partial charge in [0.1, 0.15) is 5.75 Å². The number of ether oxygens (including phenoxy) is 1. The summed E-state index contributed by atoms with van der Waals surface area (Å²) in [5.41, 5.74) is 7.72. The van der Waals surface area contributed by atoms with Crippen LogP contribution in [0.3, 0.4) is 0 Å². The van der Waals surface area contributed by atoms with Crippen molar-refractivity contribution in [1.82, 2.24) is 14.7 Å². The number of piperidine rings is 1. The Hall–Kier alpha value is -2.87. The smallest absolute Gasteiger partial charge is 0.325 e. The summed E-state index contributed by atoms with van der Waals surface area (Å²) in [5, 5.41) is 20.1. The molecule has 2 unspecified atom stereocenters. The highest BCUT2D eigenvalue weighted by atomic mass is 16.5. The molecule has 2 N–H and O–H groups in total. The van der Waals surface area contributed by atoms with Crippen LogP contribution in [0.25, 0.3) is 0 Å². The third kappa shape index (κ3) is 4.72. The number of allylic oxidation sites excluding steroid dienone is 1. The third-order valence-electron chi connectivity index (χ3n) is 8.50. The van der Waals surface area contributed by atoms with Gasteiger partial charge in [0.2, 0.25) is 0 Å². The lowest BCUT2D eigenvalue weighted by atomic mass is 9.81. The number of aliphatic hydroxyl groups is 2. The lowest BCUT2D eigenvalue weighted by Crippen LogP contribution is -2.55. The molecule has 2 atom stereocenters. The maximum Gasteiger partial charge on any atom is 0.325 e. The second-order valence-electron chi connectivity index (χ2n) is 11.5. The van der Waals surface area contributed by atoms with Crippen molar-refractivity contribution in [3.05, 3.63) is 75.5 Å². The molecule has 2 saturated heterocycles. The number of fused-ring (bicyclic) bond motifs is 3. The van der Waals surface area contributed by atoms with Crippen LogP contribution in [0.2, 0.25) is 0 Å². The van der Waals surface area contributed by atoms with E-state index in [-0.39, 0.29) is 25.1 Å². The number of methoxy groups -OCH3 is 1. The molecule has 7 heteroatoms. The molecule has 0 saturated carbocycles. The molecule has 0 aromatic heterocycles. The number of hydrogen-bond acceptors (Lipinski definition) is 5. The van der Waals surface area contributed by atoms with Crippen LogP contribution in [0.4, 0.5) is 4.79 Å². The zero-order valence-corrected chi connectivity index (χ0v) is 23.3. The number of benzene rings is 2. The van der Waals surface area contributed by atoms with Gasteiger partial charge >= 0.3 is 6.03 Å². The molecule has 3 aliphatic heterocycles. The molecular weight excluding hydrogens is 478 g/mol. The topological polar surface area (TPSA) is 76.5 Å². The van der Waals surface area contributed by atoms with E-state index in [9.17, 15) is 15.0 Å². The van der Waals surface area contributed by atoms with Crippen molar-refractivity contribution < 1.29 is 19.7 Å². The monoisotopic (exact) mass is 519 g/mol. The second kappa shape index (κ2) is 10.4. The first-order chi connectivity index (χ1) is 18.1. The van der Waals surface area contributed by atoms with Crippen molar-refractivity contribution in [3.63, 3.8) is 0 Å². The molecule has 2 aromatic carbocycles. The van der Waals surface area contributed by atoms with Crippen molar-refractivity contribution in [3.8, 4) is 5.75 Å². The zero-order chi connectivity index (χ0) is 27.2. The first-order valence-corrected chi connectivity index (χ1v) is 13.7. The number of likely N-dealkylation sites (tertiary alicyclic amines) is 1. The fraction of sp³-hybridized carbons (Fsp3) is 0.516. The molecule has 0 bridgehead atoms. The van der Waals surface area contributed by atoms with Gasteiger partial charge in [-0.15, -0.1) is 0 Å². The predicted molar refractivity (Wildman–Crippen MR) is 148 cm³/mol. The van der Waals surface area contributed by atoms with Gasteiger partial charge in [-0.05, 0) is 56.4 Å². The Kier molecular flexibility index (Phi) is 7.29. The second-order valence-corrected chi connectivity index (χ2v) is 11.5. The van der Waals surface area contributed by atoms with Gasteiger partial charge in [0, 0.05) is 36.8 Å². The fourth-order valence-electron chi connectivity index (χ4n) is 6.91. The van der Waals surface area contributed by atoms with Crippen LogP contribution in [0, 0.1) is 20.8 Å². The average molecular weight is 520 g/mol. The number of nitrogens with zero attached hydrogens (tertiary/aromatic N) is 3. The summed E-state index contributed by atoms with van der Waals surface area (Å²) in [6, 6.07) is 10.8. The van der Waals surface area contributed by atoms with Gasteiger partial charge in [-0.2, -0.15) is 0 Å². The molecule has 38 heavy (non-hydrogen) atoms. The van der Waals surface area contributed by atoms with Gasteiger partial charge in [-0.1, -0.05) is 48.4 Å². The number of β-amino-alcohol motifs (C(OH)–C–C–N with tert-alkyl or cyclic N) is 1. The lowest BCUT2D eigenvalue weighted by molar-refractivity contribution is 0.0280. The van der Waals surface area contributed by atoms with Crippen molar-refractivity contribution in [2.45, 2.75) is 71.2 Å². The van der Waals surface area contributed by atoms with Crippen molar-refractivity contribution in [2.75, 3.05) is 33.4 Å². The van der Waals surface area contributed by atoms with Crippen molar-refractivity contribution in [1.29, 1.82) is 0 Å². The minimum Gasteiger partial charge on any atom is -0.496 e. The highest BCUT2D eigenvalue weighted by Gasteiger charge is 2.55. The van der Waals surface area contributed by atoms with Gasteiger partial charge in [-0.3, -0.25) is 9.80 Å². The molecule has 3 aliphatic rings. The normalized spacial score (nSPS) is 21.7. The fourth-order valence-corrected chi connectivity index (χ4v) is 6.91. The predicted octanol–water partition coefficient (Wildman–Crippen LogP) is 4.25. The summed E-state index contributed by atoms with van der Waals surface area (Å²) in [4.78, 5) is 20.2. The Bertz CT molecular complexity index is 1230. The van der Waals surface area contributed by atoms with Crippen molar-refractivity contribution in [2.24, 2.45) is 0 Å². The Morgan fingerprint density at radius 1 is 1.05 bits per heavy atom. The van der Waals surface area contributed by atoms with Crippen LogP contribution < -0.4 is 4.74 Å². The van der Waals surface area contributed by atoms with Gasteiger partial charge in [-0.25, -0.2) is 4.79 Å². The number of hydrogen-bond donors (Lipinski definition) is 2. The molecule has 5 rings (SSSR count). The minimum atomic E-state index is -0.972. The molecule has 3 heterocycles. The summed E-state index contributed by atoms with van der Waals surface area (Å²) in [7, 11) is 1.71. The summed E-state index contributed by atoms with van der Waals surface area (Å²) in [6.07, 6.45) is 2.83. The largest absolute Gasteiger partial charge is 0.496 e. The highest BCUT2D eigenvalue weighted by Crippen LogP contribution is 2.48. The molecule has 1 spiro atoms. The number of urea groups is 1. The van der Waals surface area contributed by atoms with Crippen LogP contribution >= 0.6 is 0 Å². The van der Waals surface area contributed by atoms with E-state index in [1.807, 2.05) is 9.80 Å². The highest BCUT2D eigenvalue weighted by molar-refractivity contribution is 5.83. The van der Waals surface area contributed by atoms with E-state index >= 15 is 0 Å². The average Bonchev–Trinajstić information content (AvgIpc) is 2.97. The van der Waals surface area contributed by atoms with Crippen LogP contribution in [-0.2, 0) is 13.1 Å². The van der Waals surface area contributed by atoms with Crippen LogP contribution in [-0.4, -0.2) is 75.9 Å². The van der Waals surface area contributed by atoms with E-state index < -0.39 is 11.6 Å². The summed E-state index contributed by atoms with van der Waals surface area (Å²) < 4.78 is 5.77. The van der Waals surface area contributed by atoms with Crippen LogP contribution in [0.15, 0.2) is 42.1 Å². The molecule has 7 nitrogen and oxygen atoms in total. The first kappa shape index (κ1) is 26.7. The van der Waals surface area contributed by atoms with Crippen LogP contribution in [0.1, 0.15) is 59.1 Å². The maximum atomic E-state index is 14.0. The summed E-state index contributed by atoms with van der Waals surface area (Å²) in [5.74, 6) is 0.934. The maximum absolute atomic E-state index is 14.0. The molecule has 0 radical (unpaired) electrons. The van der Waals surface area contributed by atoms with Gasteiger partial charge in [0.25, 0.3) is 0 Å². The van der Waals surface area contributed by atoms with E-state index in [4.69, 9.17) is 4.74 Å². The summed E-state index contributed by atoms with van der Waals surface area (Å²) in [6.45, 7) is 11.3. The van der Waals surface area contributed by atoms with Gasteiger partial charge in [0.15, 0.2) is 0 Å². The zero-order valence-electron chi connectivity index (χ0n) is 23.3. The van der Waals surface area contributed by atoms with Crippen molar-refractivity contribution >= 4 is 6.03 Å². The summed E-state index contributed by atoms with van der Waals surface area (Å²) >= 11 is 0. The Morgan fingerprint density at radius 2 is 1.71 bits per heavy atom. The quantitative estimate of drug-likeness (QED) is 0.597. The van der Waals surface area contributed by atoms with Gasteiger partial charge in [0.05, 0.1) is 38.4 Å². The Labute approximate surface area is 226 Å². The van der Waals surface area contributed by atoms with E-state index in [2.05, 4.69) is 69.0 Å². The van der Waals surface area contributed by atoms with E-state index in [1.165, 1.54) is 16.7 Å². The molecule has 2 amide bonds. The molecule has 0 aliphatic carbocycles. The Morgan fingerprint density at radius 3 is 2.34 bits per heavy atom. The van der Waals surface area contributed by atoms with Gasteiger partial charge < -0.3 is 19.8 Å². The number of aryl methyl sites for hydroxylation is 3. The first-order valence-electron chi connectivity index (χ1n) is 13.7. The van der Waals surface area contributed by atoms with E-state index in [0.29, 0.717) is 6.54 Å². The number of aliphatic hydroxyl groups excluding tert-OH is 2. The number of carbonyl (C=O) groups excluding carboxylic acids is 1. The van der Waals surface area contributed by atoms with Crippen LogP contribution in [0.5, 0.6) is 5.75 Å². The van der Waals surface area contributed by atoms with E-state index in [0.717, 1.165) is 60.6 Å². The minimum absolute atomic E-state index is 0.0706. The SMILES string of the molecule is COc1cc(C)cc2c1C(C)C=C1N(C2)C(=O)N(CC(O)CO)C12CCN(Cc1cc(C)cc(C)c1)CC2. The number of amides is 2. The third-order valence-corrected chi connectivity index (χ3v) is 8.50. The number of rotatable bonds is 6. The molecular formula is C31H41N3O4. The number of carbonyl (C=O) groups is 1. The lowest BCUT2D eigenvalue weighted by Gasteiger charge is -2.45.